The molecular weight excluding hydrogens is 262 g/mol. The van der Waals surface area contributed by atoms with Crippen LogP contribution in [0.4, 0.5) is 5.69 Å². The van der Waals surface area contributed by atoms with Crippen molar-refractivity contribution < 1.29 is 4.42 Å². The van der Waals surface area contributed by atoms with Crippen LogP contribution in [0.25, 0.3) is 11.5 Å². The van der Waals surface area contributed by atoms with E-state index in [-0.39, 0.29) is 0 Å². The molecule has 0 fully saturated rings. The first-order valence-electron chi connectivity index (χ1n) is 6.98. The highest BCUT2D eigenvalue weighted by molar-refractivity contribution is 5.62. The monoisotopic (exact) mass is 279 g/mol. The van der Waals surface area contributed by atoms with Crippen LogP contribution in [0.1, 0.15) is 11.1 Å². The number of nitrogens with zero attached hydrogens (tertiary/aromatic N) is 2. The number of hydrogen-bond acceptors (Lipinski definition) is 4. The maximum atomic E-state index is 5.21. The average molecular weight is 279 g/mol. The summed E-state index contributed by atoms with van der Waals surface area (Å²) in [4.78, 5) is 0. The second kappa shape index (κ2) is 6.22. The molecule has 2 aromatic carbocycles. The number of aromatic nitrogens is 2. The van der Waals surface area contributed by atoms with Crippen molar-refractivity contribution in [3.63, 3.8) is 0 Å². The molecule has 3 aromatic rings. The van der Waals surface area contributed by atoms with E-state index in [9.17, 15) is 0 Å². The molecule has 0 atom stereocenters. The molecule has 1 aromatic heterocycles. The van der Waals surface area contributed by atoms with E-state index in [0.29, 0.717) is 5.89 Å². The zero-order valence-corrected chi connectivity index (χ0v) is 11.9. The van der Waals surface area contributed by atoms with Gasteiger partial charge in [-0.2, -0.15) is 0 Å². The van der Waals surface area contributed by atoms with Crippen molar-refractivity contribution in [3.8, 4) is 11.5 Å². The molecule has 0 unspecified atom stereocenters. The standard InChI is InChI=1S/C17H17N3O/c1-13-11-15(17-20-19-12-21-17)7-8-16(13)18-10-9-14-5-3-2-4-6-14/h2-8,11-12,18H,9-10H2,1H3. The van der Waals surface area contributed by atoms with Gasteiger partial charge in [0.1, 0.15) is 0 Å². The molecule has 0 saturated heterocycles. The minimum Gasteiger partial charge on any atom is -0.423 e. The van der Waals surface area contributed by atoms with Gasteiger partial charge in [-0.25, -0.2) is 0 Å². The normalized spacial score (nSPS) is 10.5. The molecule has 21 heavy (non-hydrogen) atoms. The minimum absolute atomic E-state index is 0.550. The summed E-state index contributed by atoms with van der Waals surface area (Å²) in [5.41, 5.74) is 4.58. The fourth-order valence-corrected chi connectivity index (χ4v) is 2.28. The van der Waals surface area contributed by atoms with Crippen LogP contribution in [0.3, 0.4) is 0 Å². The van der Waals surface area contributed by atoms with Gasteiger partial charge in [0.15, 0.2) is 0 Å². The Morgan fingerprint density at radius 1 is 1.10 bits per heavy atom. The highest BCUT2D eigenvalue weighted by Gasteiger charge is 2.06. The lowest BCUT2D eigenvalue weighted by atomic mass is 10.1. The number of benzene rings is 2. The van der Waals surface area contributed by atoms with Gasteiger partial charge in [0, 0.05) is 17.8 Å². The van der Waals surface area contributed by atoms with Crippen molar-refractivity contribution in [2.24, 2.45) is 0 Å². The third-order valence-electron chi connectivity index (χ3n) is 3.41. The van der Waals surface area contributed by atoms with E-state index in [1.807, 2.05) is 12.1 Å². The second-order valence-electron chi connectivity index (χ2n) is 4.94. The summed E-state index contributed by atoms with van der Waals surface area (Å²) in [5, 5.41) is 11.1. The molecule has 4 heteroatoms. The van der Waals surface area contributed by atoms with E-state index in [2.05, 4.69) is 58.8 Å². The van der Waals surface area contributed by atoms with Crippen LogP contribution in [0.15, 0.2) is 59.3 Å². The van der Waals surface area contributed by atoms with Gasteiger partial charge in [-0.3, -0.25) is 0 Å². The van der Waals surface area contributed by atoms with Crippen molar-refractivity contribution >= 4 is 5.69 Å². The second-order valence-corrected chi connectivity index (χ2v) is 4.94. The average Bonchev–Trinajstić information content (AvgIpc) is 3.04. The highest BCUT2D eigenvalue weighted by atomic mass is 16.4. The van der Waals surface area contributed by atoms with Crippen LogP contribution in [-0.2, 0) is 6.42 Å². The fraction of sp³-hybridized carbons (Fsp3) is 0.176. The van der Waals surface area contributed by atoms with Crippen LogP contribution in [0.5, 0.6) is 0 Å². The van der Waals surface area contributed by atoms with Gasteiger partial charge in [-0.1, -0.05) is 30.3 Å². The van der Waals surface area contributed by atoms with Crippen molar-refractivity contribution in [3.05, 3.63) is 66.1 Å². The Balaban J connectivity index is 1.64. The first-order chi connectivity index (χ1) is 10.3. The quantitative estimate of drug-likeness (QED) is 0.773. The van der Waals surface area contributed by atoms with E-state index in [0.717, 1.165) is 24.2 Å². The zero-order chi connectivity index (χ0) is 14.5. The molecule has 0 radical (unpaired) electrons. The van der Waals surface area contributed by atoms with Gasteiger partial charge >= 0.3 is 0 Å². The summed E-state index contributed by atoms with van der Waals surface area (Å²) in [7, 11) is 0. The smallest absolute Gasteiger partial charge is 0.247 e. The topological polar surface area (TPSA) is 51.0 Å². The van der Waals surface area contributed by atoms with Gasteiger partial charge < -0.3 is 9.73 Å². The third-order valence-corrected chi connectivity index (χ3v) is 3.41. The van der Waals surface area contributed by atoms with Crippen molar-refractivity contribution in [1.29, 1.82) is 0 Å². The summed E-state index contributed by atoms with van der Waals surface area (Å²) < 4.78 is 5.21. The summed E-state index contributed by atoms with van der Waals surface area (Å²) in [6.45, 7) is 2.98. The molecular formula is C17H17N3O. The summed E-state index contributed by atoms with van der Waals surface area (Å²) >= 11 is 0. The number of anilines is 1. The Labute approximate surface area is 123 Å². The van der Waals surface area contributed by atoms with Gasteiger partial charge in [-0.15, -0.1) is 10.2 Å². The number of rotatable bonds is 5. The Kier molecular flexibility index (Phi) is 3.96. The Hall–Kier alpha value is -2.62. The lowest BCUT2D eigenvalue weighted by Gasteiger charge is -2.10. The van der Waals surface area contributed by atoms with E-state index in [1.165, 1.54) is 17.5 Å². The Morgan fingerprint density at radius 3 is 2.67 bits per heavy atom. The van der Waals surface area contributed by atoms with Crippen LogP contribution in [0, 0.1) is 6.92 Å². The van der Waals surface area contributed by atoms with E-state index in [4.69, 9.17) is 4.42 Å². The highest BCUT2D eigenvalue weighted by Crippen LogP contribution is 2.23. The van der Waals surface area contributed by atoms with Crippen molar-refractivity contribution in [1.82, 2.24) is 10.2 Å². The number of hydrogen-bond donors (Lipinski definition) is 1. The summed E-state index contributed by atoms with van der Waals surface area (Å²) in [6.07, 6.45) is 2.35. The van der Waals surface area contributed by atoms with Gasteiger partial charge in [0.2, 0.25) is 12.3 Å². The zero-order valence-electron chi connectivity index (χ0n) is 11.9. The molecule has 1 N–H and O–H groups in total. The maximum absolute atomic E-state index is 5.21. The van der Waals surface area contributed by atoms with Crippen LogP contribution in [0.2, 0.25) is 0 Å². The van der Waals surface area contributed by atoms with Gasteiger partial charge in [0.25, 0.3) is 0 Å². The van der Waals surface area contributed by atoms with E-state index < -0.39 is 0 Å². The molecule has 4 nitrogen and oxygen atoms in total. The molecule has 0 saturated carbocycles. The maximum Gasteiger partial charge on any atom is 0.247 e. The molecule has 0 aliphatic carbocycles. The van der Waals surface area contributed by atoms with Gasteiger partial charge in [-0.05, 0) is 42.7 Å². The summed E-state index contributed by atoms with van der Waals surface area (Å²) in [6, 6.07) is 16.6. The van der Waals surface area contributed by atoms with Gasteiger partial charge in [0.05, 0.1) is 0 Å². The van der Waals surface area contributed by atoms with E-state index >= 15 is 0 Å². The summed E-state index contributed by atoms with van der Waals surface area (Å²) in [5.74, 6) is 0.550. The molecule has 0 bridgehead atoms. The molecule has 1 heterocycles. The Morgan fingerprint density at radius 2 is 1.95 bits per heavy atom. The molecule has 106 valence electrons. The molecule has 0 aliphatic heterocycles. The molecule has 3 rings (SSSR count). The largest absolute Gasteiger partial charge is 0.423 e. The van der Waals surface area contributed by atoms with Crippen molar-refractivity contribution in [2.75, 3.05) is 11.9 Å². The lowest BCUT2D eigenvalue weighted by molar-refractivity contribution is 0.568. The molecule has 0 aliphatic rings. The fourth-order valence-electron chi connectivity index (χ4n) is 2.28. The van der Waals surface area contributed by atoms with Crippen LogP contribution < -0.4 is 5.32 Å². The third kappa shape index (κ3) is 3.28. The Bertz CT molecular complexity index is 693. The van der Waals surface area contributed by atoms with Crippen LogP contribution in [-0.4, -0.2) is 16.7 Å². The first-order valence-corrected chi connectivity index (χ1v) is 6.98. The number of aryl methyl sites for hydroxylation is 1. The minimum atomic E-state index is 0.550. The first kappa shape index (κ1) is 13.4. The lowest BCUT2D eigenvalue weighted by Crippen LogP contribution is -2.06. The van der Waals surface area contributed by atoms with Crippen LogP contribution >= 0.6 is 0 Å². The predicted molar refractivity (Wildman–Crippen MR) is 83.1 cm³/mol. The predicted octanol–water partition coefficient (Wildman–Crippen LogP) is 3.70. The van der Waals surface area contributed by atoms with Crippen molar-refractivity contribution in [2.45, 2.75) is 13.3 Å². The number of nitrogens with one attached hydrogen (secondary N) is 1. The molecule has 0 amide bonds. The van der Waals surface area contributed by atoms with E-state index in [1.54, 1.807) is 0 Å². The molecule has 0 spiro atoms. The SMILES string of the molecule is Cc1cc(-c2nnco2)ccc1NCCc1ccccc1.